The molecule has 0 radical (unpaired) electrons. The maximum Gasteiger partial charge on any atom is 0.266 e. The van der Waals surface area contributed by atoms with Gasteiger partial charge in [-0.1, -0.05) is 49.6 Å². The van der Waals surface area contributed by atoms with Gasteiger partial charge in [0.2, 0.25) is 0 Å². The third-order valence-electron chi connectivity index (χ3n) is 4.97. The van der Waals surface area contributed by atoms with E-state index in [1.807, 2.05) is 37.2 Å². The van der Waals surface area contributed by atoms with Crippen LogP contribution in [-0.2, 0) is 6.54 Å². The molecule has 0 aliphatic heterocycles. The molecular weight excluding hydrogens is 338 g/mol. The van der Waals surface area contributed by atoms with Gasteiger partial charge in [-0.05, 0) is 24.8 Å². The Kier molecular flexibility index (Phi) is 6.22. The van der Waals surface area contributed by atoms with Crippen LogP contribution in [0.4, 0.5) is 0 Å². The number of carbonyl (C=O) groups is 1. The van der Waals surface area contributed by atoms with Crippen LogP contribution in [0, 0.1) is 5.92 Å². The predicted octanol–water partition coefficient (Wildman–Crippen LogP) is 3.61. The average molecular weight is 365 g/mol. The van der Waals surface area contributed by atoms with Crippen LogP contribution in [0.5, 0.6) is 0 Å². The lowest BCUT2D eigenvalue weighted by Crippen LogP contribution is -2.28. The summed E-state index contributed by atoms with van der Waals surface area (Å²) in [5.41, 5.74) is 1.52. The molecule has 1 heterocycles. The van der Waals surface area contributed by atoms with Crippen LogP contribution in [-0.4, -0.2) is 34.6 Å². The van der Waals surface area contributed by atoms with Gasteiger partial charge in [-0.3, -0.25) is 9.59 Å². The molecule has 1 aromatic heterocycles. The Balaban J connectivity index is 1.94. The summed E-state index contributed by atoms with van der Waals surface area (Å²) in [7, 11) is 3.74. The number of hydrogen-bond acceptors (Lipinski definition) is 4. The maximum absolute atomic E-state index is 13.0. The Labute approximate surface area is 160 Å². The van der Waals surface area contributed by atoms with Crippen molar-refractivity contribution < 1.29 is 4.79 Å². The molecule has 142 valence electrons. The molecule has 1 saturated carbocycles. The molecule has 27 heavy (non-hydrogen) atoms. The van der Waals surface area contributed by atoms with E-state index in [0.29, 0.717) is 29.3 Å². The highest BCUT2D eigenvalue weighted by atomic mass is 16.1. The number of benzene rings is 1. The molecule has 5 nitrogen and oxygen atoms in total. The van der Waals surface area contributed by atoms with E-state index in [1.54, 1.807) is 24.4 Å². The Morgan fingerprint density at radius 3 is 2.48 bits per heavy atom. The molecule has 0 N–H and O–H groups in total. The first-order chi connectivity index (χ1) is 13.0. The molecule has 1 aliphatic carbocycles. The van der Waals surface area contributed by atoms with Gasteiger partial charge >= 0.3 is 0 Å². The molecule has 3 rings (SSSR count). The molecule has 1 aromatic carbocycles. The predicted molar refractivity (Wildman–Crippen MR) is 108 cm³/mol. The summed E-state index contributed by atoms with van der Waals surface area (Å²) >= 11 is 0. The van der Waals surface area contributed by atoms with Crippen molar-refractivity contribution in [1.29, 1.82) is 0 Å². The molecule has 1 fully saturated rings. The molecule has 0 unspecified atom stereocenters. The molecule has 0 amide bonds. The van der Waals surface area contributed by atoms with E-state index in [2.05, 4.69) is 5.10 Å². The monoisotopic (exact) mass is 365 g/mol. The lowest BCUT2D eigenvalue weighted by Gasteiger charge is -2.22. The summed E-state index contributed by atoms with van der Waals surface area (Å²) in [5.74, 6) is 0.393. The van der Waals surface area contributed by atoms with Gasteiger partial charge in [0.1, 0.15) is 0 Å². The number of rotatable bonds is 6. The van der Waals surface area contributed by atoms with Gasteiger partial charge in [0.05, 0.1) is 11.3 Å². The van der Waals surface area contributed by atoms with Crippen LogP contribution in [0.1, 0.15) is 48.2 Å². The van der Waals surface area contributed by atoms with Crippen molar-refractivity contribution in [2.45, 2.75) is 38.6 Å². The van der Waals surface area contributed by atoms with Crippen LogP contribution in [0.25, 0.3) is 5.57 Å². The van der Waals surface area contributed by atoms with Crippen LogP contribution in [0.2, 0.25) is 0 Å². The van der Waals surface area contributed by atoms with Crippen LogP contribution >= 0.6 is 0 Å². The lowest BCUT2D eigenvalue weighted by molar-refractivity contribution is 0.105. The van der Waals surface area contributed by atoms with E-state index in [0.717, 1.165) is 12.8 Å². The number of hydrogen-bond donors (Lipinski definition) is 0. The fourth-order valence-electron chi connectivity index (χ4n) is 3.58. The van der Waals surface area contributed by atoms with Crippen molar-refractivity contribution in [1.82, 2.24) is 14.7 Å². The SMILES string of the molecule is CN(C)/C=C(/C(=O)c1ccccc1)c1ccc(=O)n(CC2CCCCC2)n1. The summed E-state index contributed by atoms with van der Waals surface area (Å²) in [6, 6.07) is 12.3. The van der Waals surface area contributed by atoms with Gasteiger partial charge in [-0.2, -0.15) is 5.10 Å². The van der Waals surface area contributed by atoms with Gasteiger partial charge in [0.15, 0.2) is 5.78 Å². The van der Waals surface area contributed by atoms with Gasteiger partial charge in [-0.25, -0.2) is 4.68 Å². The number of aromatic nitrogens is 2. The van der Waals surface area contributed by atoms with E-state index in [4.69, 9.17) is 0 Å². The number of nitrogens with zero attached hydrogens (tertiary/aromatic N) is 3. The molecule has 0 spiro atoms. The second kappa shape index (κ2) is 8.80. The summed E-state index contributed by atoms with van der Waals surface area (Å²) in [6.45, 7) is 0.626. The topological polar surface area (TPSA) is 55.2 Å². The smallest absolute Gasteiger partial charge is 0.266 e. The standard InChI is InChI=1S/C22H27N3O2/c1-24(2)16-19(22(27)18-11-7-4-8-12-18)20-13-14-21(26)25(23-20)15-17-9-5-3-6-10-17/h4,7-8,11-14,16-17H,3,5-6,9-10,15H2,1-2H3/b19-16+. The van der Waals surface area contributed by atoms with Crippen molar-refractivity contribution >= 4 is 11.4 Å². The quantitative estimate of drug-likeness (QED) is 0.580. The first-order valence-electron chi connectivity index (χ1n) is 9.61. The first-order valence-corrected chi connectivity index (χ1v) is 9.61. The van der Waals surface area contributed by atoms with Crippen molar-refractivity contribution in [3.05, 3.63) is 70.3 Å². The second-order valence-electron chi connectivity index (χ2n) is 7.44. The van der Waals surface area contributed by atoms with Crippen LogP contribution in [0.3, 0.4) is 0 Å². The number of Topliss-reactive ketones (excluding diaryl/α,β-unsaturated/α-hetero) is 1. The van der Waals surface area contributed by atoms with Crippen molar-refractivity contribution in [3.8, 4) is 0 Å². The van der Waals surface area contributed by atoms with Crippen molar-refractivity contribution in [2.75, 3.05) is 14.1 Å². The van der Waals surface area contributed by atoms with Crippen LogP contribution in [0.15, 0.2) is 53.5 Å². The van der Waals surface area contributed by atoms with E-state index in [9.17, 15) is 9.59 Å². The minimum Gasteiger partial charge on any atom is -0.383 e. The molecule has 0 atom stereocenters. The molecule has 0 bridgehead atoms. The van der Waals surface area contributed by atoms with E-state index in [-0.39, 0.29) is 11.3 Å². The number of ketones is 1. The summed E-state index contributed by atoms with van der Waals surface area (Å²) in [5, 5.41) is 4.55. The lowest BCUT2D eigenvalue weighted by atomic mass is 9.89. The Hall–Kier alpha value is -2.69. The van der Waals surface area contributed by atoms with Crippen molar-refractivity contribution in [3.63, 3.8) is 0 Å². The Bertz CT molecular complexity index is 863. The fourth-order valence-corrected chi connectivity index (χ4v) is 3.58. The summed E-state index contributed by atoms with van der Waals surface area (Å²) < 4.78 is 1.53. The minimum atomic E-state index is -0.110. The zero-order chi connectivity index (χ0) is 19.2. The van der Waals surface area contributed by atoms with Crippen molar-refractivity contribution in [2.24, 2.45) is 5.92 Å². The molecule has 5 heteroatoms. The van der Waals surface area contributed by atoms with E-state index in [1.165, 1.54) is 30.0 Å². The highest BCUT2D eigenvalue weighted by Gasteiger charge is 2.19. The summed E-state index contributed by atoms with van der Waals surface area (Å²) in [4.78, 5) is 27.2. The highest BCUT2D eigenvalue weighted by Crippen LogP contribution is 2.25. The van der Waals surface area contributed by atoms with Crippen LogP contribution < -0.4 is 5.56 Å². The number of allylic oxidation sites excluding steroid dienone is 1. The minimum absolute atomic E-state index is 0.0975. The maximum atomic E-state index is 13.0. The Morgan fingerprint density at radius 1 is 1.11 bits per heavy atom. The highest BCUT2D eigenvalue weighted by molar-refractivity contribution is 6.28. The fraction of sp³-hybridized carbons (Fsp3) is 0.409. The molecule has 1 aliphatic rings. The van der Waals surface area contributed by atoms with E-state index < -0.39 is 0 Å². The molecule has 2 aromatic rings. The zero-order valence-corrected chi connectivity index (χ0v) is 16.1. The largest absolute Gasteiger partial charge is 0.383 e. The number of carbonyl (C=O) groups excluding carboxylic acids is 1. The average Bonchev–Trinajstić information content (AvgIpc) is 2.69. The second-order valence-corrected chi connectivity index (χ2v) is 7.44. The molecule has 0 saturated heterocycles. The Morgan fingerprint density at radius 2 is 1.81 bits per heavy atom. The molecular formula is C22H27N3O2. The third kappa shape index (κ3) is 4.94. The van der Waals surface area contributed by atoms with Gasteiger partial charge in [0.25, 0.3) is 5.56 Å². The summed E-state index contributed by atoms with van der Waals surface area (Å²) in [6.07, 6.45) is 7.77. The zero-order valence-electron chi connectivity index (χ0n) is 16.1. The van der Waals surface area contributed by atoms with Gasteiger partial charge in [-0.15, -0.1) is 0 Å². The normalized spacial score (nSPS) is 15.6. The third-order valence-corrected chi connectivity index (χ3v) is 4.97. The van der Waals surface area contributed by atoms with E-state index >= 15 is 0 Å². The first kappa shape index (κ1) is 19.1. The van der Waals surface area contributed by atoms with Gasteiger partial charge in [0, 0.05) is 38.5 Å². The van der Waals surface area contributed by atoms with Gasteiger partial charge < -0.3 is 4.90 Å².